The molecule has 0 spiro atoms. The van der Waals surface area contributed by atoms with E-state index in [1.807, 2.05) is 31.2 Å². The molecule has 1 N–H and O–H groups in total. The molecule has 21 heavy (non-hydrogen) atoms. The number of aliphatic hydroxyl groups is 1. The third-order valence-electron chi connectivity index (χ3n) is 3.84. The Morgan fingerprint density at radius 2 is 1.81 bits per heavy atom. The molecule has 1 rings (SSSR count). The van der Waals surface area contributed by atoms with Crippen molar-refractivity contribution in [1.29, 1.82) is 0 Å². The normalized spacial score (nSPS) is 16.9. The molecule has 0 fully saturated rings. The predicted molar refractivity (Wildman–Crippen MR) is 89.1 cm³/mol. The third kappa shape index (κ3) is 6.45. The summed E-state index contributed by atoms with van der Waals surface area (Å²) in [6.07, 6.45) is 4.50. The SMILES string of the molecule is C/C=C/[C@H](C)[C@@H](C[C@H](O)C(C)(C)C)OCc1ccccc1. The van der Waals surface area contributed by atoms with Gasteiger partial charge in [-0.1, -0.05) is 70.2 Å². The zero-order chi connectivity index (χ0) is 15.9. The van der Waals surface area contributed by atoms with Crippen LogP contribution in [0.15, 0.2) is 42.5 Å². The molecular weight excluding hydrogens is 260 g/mol. The fourth-order valence-electron chi connectivity index (χ4n) is 2.21. The molecule has 3 atom stereocenters. The van der Waals surface area contributed by atoms with Gasteiger partial charge in [0.05, 0.1) is 18.8 Å². The van der Waals surface area contributed by atoms with Crippen molar-refractivity contribution in [1.82, 2.24) is 0 Å². The van der Waals surface area contributed by atoms with Crippen LogP contribution in [-0.2, 0) is 11.3 Å². The molecule has 2 nitrogen and oxygen atoms in total. The number of hydrogen-bond donors (Lipinski definition) is 1. The summed E-state index contributed by atoms with van der Waals surface area (Å²) < 4.78 is 6.10. The van der Waals surface area contributed by atoms with Gasteiger partial charge >= 0.3 is 0 Å². The first-order chi connectivity index (χ1) is 9.84. The second-order valence-electron chi connectivity index (χ2n) is 6.84. The van der Waals surface area contributed by atoms with Gasteiger partial charge in [0.2, 0.25) is 0 Å². The average Bonchev–Trinajstić information content (AvgIpc) is 2.43. The van der Waals surface area contributed by atoms with Crippen LogP contribution in [0.2, 0.25) is 0 Å². The van der Waals surface area contributed by atoms with Gasteiger partial charge in [0, 0.05) is 12.3 Å². The van der Waals surface area contributed by atoms with Crippen LogP contribution >= 0.6 is 0 Å². The van der Waals surface area contributed by atoms with Crippen LogP contribution < -0.4 is 0 Å². The Labute approximate surface area is 129 Å². The summed E-state index contributed by atoms with van der Waals surface area (Å²) in [5.74, 6) is 0.288. The van der Waals surface area contributed by atoms with E-state index < -0.39 is 0 Å². The Hall–Kier alpha value is -1.12. The van der Waals surface area contributed by atoms with Crippen LogP contribution in [-0.4, -0.2) is 17.3 Å². The van der Waals surface area contributed by atoms with Gasteiger partial charge in [0.1, 0.15) is 0 Å². The summed E-state index contributed by atoms with van der Waals surface area (Å²) in [6.45, 7) is 10.9. The summed E-state index contributed by atoms with van der Waals surface area (Å²) >= 11 is 0. The van der Waals surface area contributed by atoms with Gasteiger partial charge in [-0.2, -0.15) is 0 Å². The molecule has 0 radical (unpaired) electrons. The van der Waals surface area contributed by atoms with Crippen molar-refractivity contribution in [2.24, 2.45) is 11.3 Å². The van der Waals surface area contributed by atoms with Crippen LogP contribution in [0.3, 0.4) is 0 Å². The van der Waals surface area contributed by atoms with E-state index >= 15 is 0 Å². The first kappa shape index (κ1) is 17.9. The second-order valence-corrected chi connectivity index (χ2v) is 6.84. The highest BCUT2D eigenvalue weighted by Crippen LogP contribution is 2.27. The molecule has 0 unspecified atom stereocenters. The lowest BCUT2D eigenvalue weighted by molar-refractivity contribution is -0.0412. The smallest absolute Gasteiger partial charge is 0.0720 e. The molecule has 0 amide bonds. The second kappa shape index (κ2) is 8.35. The maximum atomic E-state index is 10.4. The minimum absolute atomic E-state index is 0.0237. The Morgan fingerprint density at radius 3 is 2.33 bits per heavy atom. The van der Waals surface area contributed by atoms with E-state index in [1.54, 1.807) is 0 Å². The molecule has 0 saturated heterocycles. The van der Waals surface area contributed by atoms with Gasteiger partial charge in [-0.25, -0.2) is 0 Å². The van der Waals surface area contributed by atoms with Crippen LogP contribution in [0.1, 0.15) is 46.6 Å². The van der Waals surface area contributed by atoms with Crippen molar-refractivity contribution in [2.75, 3.05) is 0 Å². The number of aliphatic hydroxyl groups excluding tert-OH is 1. The molecule has 2 heteroatoms. The van der Waals surface area contributed by atoms with Crippen molar-refractivity contribution in [3.8, 4) is 0 Å². The van der Waals surface area contributed by atoms with Crippen molar-refractivity contribution in [2.45, 2.75) is 59.9 Å². The molecule has 1 aromatic rings. The van der Waals surface area contributed by atoms with E-state index in [4.69, 9.17) is 4.74 Å². The Balaban J connectivity index is 2.68. The lowest BCUT2D eigenvalue weighted by Crippen LogP contribution is -2.33. The number of rotatable bonds is 7. The molecular formula is C19H30O2. The molecule has 0 aliphatic rings. The minimum Gasteiger partial charge on any atom is -0.392 e. The molecule has 1 aromatic carbocycles. The van der Waals surface area contributed by atoms with E-state index in [9.17, 15) is 5.11 Å². The Morgan fingerprint density at radius 1 is 1.19 bits per heavy atom. The first-order valence-corrected chi connectivity index (χ1v) is 7.81. The zero-order valence-corrected chi connectivity index (χ0v) is 14.0. The van der Waals surface area contributed by atoms with Gasteiger partial charge in [-0.3, -0.25) is 0 Å². The molecule has 0 heterocycles. The maximum Gasteiger partial charge on any atom is 0.0720 e. The highest BCUT2D eigenvalue weighted by atomic mass is 16.5. The number of benzene rings is 1. The largest absolute Gasteiger partial charge is 0.392 e. The fourth-order valence-corrected chi connectivity index (χ4v) is 2.21. The monoisotopic (exact) mass is 290 g/mol. The highest BCUT2D eigenvalue weighted by Gasteiger charge is 2.28. The standard InChI is InChI=1S/C19H30O2/c1-6-10-15(2)17(13-18(20)19(3,4)5)21-14-16-11-8-7-9-12-16/h6-12,15,17-18,20H,13-14H2,1-5H3/b10-6+/t15-,17+,18-/m0/s1. The van der Waals surface area contributed by atoms with Crippen molar-refractivity contribution < 1.29 is 9.84 Å². The molecule has 0 aliphatic carbocycles. The Kier molecular flexibility index (Phi) is 7.13. The van der Waals surface area contributed by atoms with Gasteiger partial charge in [-0.15, -0.1) is 0 Å². The lowest BCUT2D eigenvalue weighted by atomic mass is 9.84. The molecule has 118 valence electrons. The first-order valence-electron chi connectivity index (χ1n) is 7.81. The van der Waals surface area contributed by atoms with E-state index in [1.165, 1.54) is 5.56 Å². The fraction of sp³-hybridized carbons (Fsp3) is 0.579. The third-order valence-corrected chi connectivity index (χ3v) is 3.84. The average molecular weight is 290 g/mol. The summed E-state index contributed by atoms with van der Waals surface area (Å²) in [4.78, 5) is 0. The highest BCUT2D eigenvalue weighted by molar-refractivity contribution is 5.13. The van der Waals surface area contributed by atoms with Gasteiger partial charge < -0.3 is 9.84 Å². The van der Waals surface area contributed by atoms with Crippen molar-refractivity contribution >= 4 is 0 Å². The van der Waals surface area contributed by atoms with Gasteiger partial charge in [-0.05, 0) is 17.9 Å². The van der Waals surface area contributed by atoms with Crippen molar-refractivity contribution in [3.05, 3.63) is 48.0 Å². The quantitative estimate of drug-likeness (QED) is 0.745. The summed E-state index contributed by atoms with van der Waals surface area (Å²) in [5, 5.41) is 10.4. The number of allylic oxidation sites excluding steroid dienone is 1. The van der Waals surface area contributed by atoms with E-state index in [0.717, 1.165) is 0 Å². The van der Waals surface area contributed by atoms with Gasteiger partial charge in [0.15, 0.2) is 0 Å². The van der Waals surface area contributed by atoms with Crippen LogP contribution in [0.25, 0.3) is 0 Å². The van der Waals surface area contributed by atoms with Gasteiger partial charge in [0.25, 0.3) is 0 Å². The topological polar surface area (TPSA) is 29.5 Å². The molecule has 0 saturated carbocycles. The molecule has 0 aliphatic heterocycles. The van der Waals surface area contributed by atoms with Crippen molar-refractivity contribution in [3.63, 3.8) is 0 Å². The van der Waals surface area contributed by atoms with Crippen LogP contribution in [0.5, 0.6) is 0 Å². The minimum atomic E-state index is -0.369. The summed E-state index contributed by atoms with van der Waals surface area (Å²) in [6, 6.07) is 10.2. The van der Waals surface area contributed by atoms with E-state index in [2.05, 4.69) is 45.9 Å². The van der Waals surface area contributed by atoms with E-state index in [-0.39, 0.29) is 23.5 Å². The zero-order valence-electron chi connectivity index (χ0n) is 14.0. The predicted octanol–water partition coefficient (Wildman–Crippen LogP) is 4.58. The Bertz CT molecular complexity index is 417. The van der Waals surface area contributed by atoms with Crippen LogP contribution in [0.4, 0.5) is 0 Å². The number of hydrogen-bond acceptors (Lipinski definition) is 2. The molecule has 0 aromatic heterocycles. The van der Waals surface area contributed by atoms with E-state index in [0.29, 0.717) is 13.0 Å². The molecule has 0 bridgehead atoms. The van der Waals surface area contributed by atoms with Crippen LogP contribution in [0, 0.1) is 11.3 Å². The summed E-state index contributed by atoms with van der Waals surface area (Å²) in [5.41, 5.74) is 1.05. The maximum absolute atomic E-state index is 10.4. The number of ether oxygens (including phenoxy) is 1. The lowest BCUT2D eigenvalue weighted by Gasteiger charge is -2.31. The summed E-state index contributed by atoms with van der Waals surface area (Å²) in [7, 11) is 0.